The molecule has 0 aliphatic heterocycles. The SMILES string of the molecule is O=S(=O)(O)[N]c1ccc(Br)cc1. The Labute approximate surface area is 78.6 Å². The van der Waals surface area contributed by atoms with Crippen LogP contribution in [0.2, 0.25) is 0 Å². The molecule has 1 aromatic rings. The van der Waals surface area contributed by atoms with Crippen LogP contribution in [-0.2, 0) is 10.3 Å². The van der Waals surface area contributed by atoms with E-state index in [0.29, 0.717) is 0 Å². The van der Waals surface area contributed by atoms with Crippen LogP contribution in [0.4, 0.5) is 5.69 Å². The molecule has 0 saturated heterocycles. The molecule has 1 aromatic carbocycles. The molecule has 1 rings (SSSR count). The summed E-state index contributed by atoms with van der Waals surface area (Å²) < 4.78 is 32.7. The van der Waals surface area contributed by atoms with E-state index in [1.165, 1.54) is 12.1 Å². The molecule has 0 heterocycles. The summed E-state index contributed by atoms with van der Waals surface area (Å²) in [4.78, 5) is 0. The summed E-state index contributed by atoms with van der Waals surface area (Å²) in [5, 5.41) is 0. The zero-order valence-electron chi connectivity index (χ0n) is 5.81. The molecule has 12 heavy (non-hydrogen) atoms. The van der Waals surface area contributed by atoms with E-state index in [2.05, 4.69) is 20.7 Å². The normalized spacial score (nSPS) is 11.2. The fourth-order valence-electron chi connectivity index (χ4n) is 0.635. The Hall–Kier alpha value is -0.590. The van der Waals surface area contributed by atoms with Crippen LogP contribution in [0.15, 0.2) is 28.7 Å². The Morgan fingerprint density at radius 1 is 1.25 bits per heavy atom. The maximum Gasteiger partial charge on any atom is 0.378 e. The van der Waals surface area contributed by atoms with Gasteiger partial charge >= 0.3 is 10.3 Å². The lowest BCUT2D eigenvalue weighted by Crippen LogP contribution is -2.08. The first-order valence-electron chi connectivity index (χ1n) is 2.93. The van der Waals surface area contributed by atoms with E-state index < -0.39 is 10.3 Å². The first-order chi connectivity index (χ1) is 5.47. The fourth-order valence-corrected chi connectivity index (χ4v) is 1.29. The monoisotopic (exact) mass is 250 g/mol. The van der Waals surface area contributed by atoms with Gasteiger partial charge in [-0.15, -0.1) is 4.72 Å². The van der Waals surface area contributed by atoms with E-state index in [-0.39, 0.29) is 5.69 Å². The van der Waals surface area contributed by atoms with Gasteiger partial charge in [0.15, 0.2) is 0 Å². The van der Waals surface area contributed by atoms with Gasteiger partial charge in [0, 0.05) is 4.47 Å². The third-order valence-electron chi connectivity index (χ3n) is 1.05. The molecule has 0 fully saturated rings. The van der Waals surface area contributed by atoms with Crippen molar-refractivity contribution in [2.45, 2.75) is 0 Å². The molecule has 0 bridgehead atoms. The minimum atomic E-state index is -4.28. The molecule has 1 radical (unpaired) electrons. The molecule has 0 atom stereocenters. The largest absolute Gasteiger partial charge is 0.378 e. The van der Waals surface area contributed by atoms with Crippen molar-refractivity contribution in [3.8, 4) is 0 Å². The zero-order valence-corrected chi connectivity index (χ0v) is 8.21. The Morgan fingerprint density at radius 2 is 1.75 bits per heavy atom. The second-order valence-corrected chi connectivity index (χ2v) is 4.01. The number of hydrogen-bond acceptors (Lipinski definition) is 2. The molecule has 0 aliphatic carbocycles. The number of halogens is 1. The lowest BCUT2D eigenvalue weighted by atomic mass is 10.3. The number of rotatable bonds is 2. The van der Waals surface area contributed by atoms with Gasteiger partial charge in [-0.3, -0.25) is 4.55 Å². The summed E-state index contributed by atoms with van der Waals surface area (Å²) in [7, 11) is -4.28. The summed E-state index contributed by atoms with van der Waals surface area (Å²) in [5.41, 5.74) is 0.195. The third kappa shape index (κ3) is 3.21. The topological polar surface area (TPSA) is 68.5 Å². The highest BCUT2D eigenvalue weighted by Crippen LogP contribution is 2.14. The van der Waals surface area contributed by atoms with Crippen molar-refractivity contribution < 1.29 is 13.0 Å². The van der Waals surface area contributed by atoms with E-state index in [0.717, 1.165) is 4.47 Å². The van der Waals surface area contributed by atoms with E-state index in [1.807, 2.05) is 0 Å². The van der Waals surface area contributed by atoms with Crippen LogP contribution in [0.5, 0.6) is 0 Å². The van der Waals surface area contributed by atoms with Crippen LogP contribution in [0.25, 0.3) is 0 Å². The van der Waals surface area contributed by atoms with Crippen LogP contribution < -0.4 is 4.72 Å². The van der Waals surface area contributed by atoms with Crippen LogP contribution in [0.1, 0.15) is 0 Å². The summed E-state index contributed by atoms with van der Waals surface area (Å²) in [5.74, 6) is 0. The number of hydrogen-bond donors (Lipinski definition) is 1. The Balaban J connectivity index is 2.85. The molecule has 0 aromatic heterocycles. The van der Waals surface area contributed by atoms with E-state index >= 15 is 0 Å². The maximum absolute atomic E-state index is 10.3. The summed E-state index contributed by atoms with van der Waals surface area (Å²) in [6.07, 6.45) is 0. The average molecular weight is 251 g/mol. The van der Waals surface area contributed by atoms with E-state index in [9.17, 15) is 8.42 Å². The highest BCUT2D eigenvalue weighted by atomic mass is 79.9. The minimum Gasteiger partial charge on any atom is -0.268 e. The highest BCUT2D eigenvalue weighted by molar-refractivity contribution is 9.10. The second kappa shape index (κ2) is 3.42. The van der Waals surface area contributed by atoms with Gasteiger partial charge < -0.3 is 0 Å². The van der Waals surface area contributed by atoms with Crippen LogP contribution >= 0.6 is 15.9 Å². The standard InChI is InChI=1S/C6H5BrNO3S/c7-5-1-3-6(4-2-5)8-12(9,10)11/h1-4H,(H,9,10,11). The van der Waals surface area contributed by atoms with Crippen molar-refractivity contribution >= 4 is 31.9 Å². The first-order valence-corrected chi connectivity index (χ1v) is 5.12. The summed E-state index contributed by atoms with van der Waals surface area (Å²) >= 11 is 3.17. The van der Waals surface area contributed by atoms with Crippen molar-refractivity contribution in [1.29, 1.82) is 0 Å². The Kier molecular flexibility index (Phi) is 2.71. The van der Waals surface area contributed by atoms with Gasteiger partial charge in [-0.05, 0) is 24.3 Å². The van der Waals surface area contributed by atoms with Gasteiger partial charge in [0.05, 0.1) is 5.69 Å². The van der Waals surface area contributed by atoms with E-state index in [1.54, 1.807) is 12.1 Å². The van der Waals surface area contributed by atoms with Gasteiger partial charge in [-0.25, -0.2) is 0 Å². The van der Waals surface area contributed by atoms with Gasteiger partial charge in [0.25, 0.3) is 0 Å². The molecule has 0 unspecified atom stereocenters. The minimum absolute atomic E-state index is 0.195. The molecule has 65 valence electrons. The average Bonchev–Trinajstić information content (AvgIpc) is 1.91. The van der Waals surface area contributed by atoms with Gasteiger partial charge in [-0.1, -0.05) is 15.9 Å². The summed E-state index contributed by atoms with van der Waals surface area (Å²) in [6.45, 7) is 0. The van der Waals surface area contributed by atoms with Gasteiger partial charge in [0.1, 0.15) is 0 Å². The maximum atomic E-state index is 10.3. The van der Waals surface area contributed by atoms with Crippen molar-refractivity contribution in [2.24, 2.45) is 0 Å². The van der Waals surface area contributed by atoms with Crippen LogP contribution in [-0.4, -0.2) is 13.0 Å². The van der Waals surface area contributed by atoms with Crippen LogP contribution in [0, 0.1) is 0 Å². The van der Waals surface area contributed by atoms with Gasteiger partial charge in [-0.2, -0.15) is 8.42 Å². The zero-order chi connectivity index (χ0) is 9.19. The van der Waals surface area contributed by atoms with Crippen molar-refractivity contribution in [2.75, 3.05) is 0 Å². The number of nitrogens with zero attached hydrogens (tertiary/aromatic N) is 1. The molecule has 0 amide bonds. The second-order valence-electron chi connectivity index (χ2n) is 2.02. The molecule has 1 N–H and O–H groups in total. The number of benzene rings is 1. The highest BCUT2D eigenvalue weighted by Gasteiger charge is 2.05. The van der Waals surface area contributed by atoms with Crippen molar-refractivity contribution in [3.63, 3.8) is 0 Å². The summed E-state index contributed by atoms with van der Waals surface area (Å²) in [6, 6.07) is 6.20. The Morgan fingerprint density at radius 3 is 2.17 bits per heavy atom. The quantitative estimate of drug-likeness (QED) is 0.809. The van der Waals surface area contributed by atoms with Crippen molar-refractivity contribution in [3.05, 3.63) is 28.7 Å². The first kappa shape index (κ1) is 9.50. The van der Waals surface area contributed by atoms with Gasteiger partial charge in [0.2, 0.25) is 0 Å². The lowest BCUT2D eigenvalue weighted by molar-refractivity contribution is 0.476. The van der Waals surface area contributed by atoms with Crippen molar-refractivity contribution in [1.82, 2.24) is 4.72 Å². The molecule has 0 aliphatic rings. The van der Waals surface area contributed by atoms with Crippen LogP contribution in [0.3, 0.4) is 0 Å². The third-order valence-corrected chi connectivity index (χ3v) is 2.02. The van der Waals surface area contributed by atoms with E-state index in [4.69, 9.17) is 4.55 Å². The Bertz CT molecular complexity index is 359. The molecule has 0 spiro atoms. The predicted molar refractivity (Wildman–Crippen MR) is 47.5 cm³/mol. The molecule has 0 saturated carbocycles. The molecule has 4 nitrogen and oxygen atoms in total. The molecular formula is C6H5BrNO3S. The molecule has 6 heteroatoms. The predicted octanol–water partition coefficient (Wildman–Crippen LogP) is 1.49. The smallest absolute Gasteiger partial charge is 0.268 e. The molecular weight excluding hydrogens is 246 g/mol. The lowest BCUT2D eigenvalue weighted by Gasteiger charge is -1.97. The fraction of sp³-hybridized carbons (Fsp3) is 0.